The molecule has 0 aliphatic carbocycles. The summed E-state index contributed by atoms with van der Waals surface area (Å²) in [4.78, 5) is 15.7. The van der Waals surface area contributed by atoms with E-state index in [0.29, 0.717) is 16.3 Å². The molecule has 1 amide bonds. The highest BCUT2D eigenvalue weighted by atomic mass is 127. The third-order valence-electron chi connectivity index (χ3n) is 2.56. The molecule has 1 unspecified atom stereocenters. The third kappa shape index (κ3) is 2.90. The molecule has 0 fully saturated rings. The Balaban J connectivity index is 2.51. The molecule has 2 aromatic rings. The van der Waals surface area contributed by atoms with Crippen LogP contribution in [0, 0.1) is 3.57 Å². The van der Waals surface area contributed by atoms with Crippen LogP contribution in [-0.2, 0) is 4.79 Å². The Bertz CT molecular complexity index is 636. The summed E-state index contributed by atoms with van der Waals surface area (Å²) in [5.41, 5.74) is 2.67. The number of halogens is 2. The van der Waals surface area contributed by atoms with Crippen molar-refractivity contribution in [3.8, 4) is 5.75 Å². The SMILES string of the molecule is CC(Oc1c(I)cc(Cl)c2cccnc12)C(=O)NN. The molecule has 19 heavy (non-hydrogen) atoms. The maximum Gasteiger partial charge on any atom is 0.274 e. The number of carbonyl (C=O) groups excluding carboxylic acids is 1. The van der Waals surface area contributed by atoms with Crippen LogP contribution in [0.4, 0.5) is 0 Å². The zero-order valence-electron chi connectivity index (χ0n) is 9.98. The van der Waals surface area contributed by atoms with Crippen molar-refractivity contribution in [1.82, 2.24) is 10.4 Å². The molecule has 0 saturated carbocycles. The van der Waals surface area contributed by atoms with Crippen LogP contribution in [-0.4, -0.2) is 17.0 Å². The molecule has 100 valence electrons. The number of ether oxygens (including phenoxy) is 1. The average molecular weight is 392 g/mol. The van der Waals surface area contributed by atoms with Crippen molar-refractivity contribution < 1.29 is 9.53 Å². The molecule has 2 rings (SSSR count). The topological polar surface area (TPSA) is 77.2 Å². The number of hydrogen-bond donors (Lipinski definition) is 2. The largest absolute Gasteiger partial charge is 0.477 e. The first-order chi connectivity index (χ1) is 9.04. The van der Waals surface area contributed by atoms with Crippen molar-refractivity contribution in [2.75, 3.05) is 0 Å². The number of amides is 1. The number of rotatable bonds is 3. The summed E-state index contributed by atoms with van der Waals surface area (Å²) in [5, 5.41) is 1.37. The highest BCUT2D eigenvalue weighted by Crippen LogP contribution is 2.35. The standard InChI is InChI=1S/C12H11ClIN3O2/c1-6(12(18)17-15)19-11-9(14)5-8(13)7-3-2-4-16-10(7)11/h2-6H,15H2,1H3,(H,17,18). The number of fused-ring (bicyclic) bond motifs is 1. The molecule has 1 heterocycles. The third-order valence-corrected chi connectivity index (χ3v) is 3.67. The average Bonchev–Trinajstić information content (AvgIpc) is 2.42. The first kappa shape index (κ1) is 14.3. The second kappa shape index (κ2) is 5.89. The first-order valence-corrected chi connectivity index (χ1v) is 6.90. The van der Waals surface area contributed by atoms with Crippen LogP contribution in [0.25, 0.3) is 10.9 Å². The number of nitrogens with two attached hydrogens (primary N) is 1. The molecule has 0 aliphatic heterocycles. The number of pyridine rings is 1. The summed E-state index contributed by atoms with van der Waals surface area (Å²) in [7, 11) is 0. The Kier molecular flexibility index (Phi) is 4.43. The van der Waals surface area contributed by atoms with Gasteiger partial charge in [0.25, 0.3) is 5.91 Å². The van der Waals surface area contributed by atoms with Gasteiger partial charge in [-0.3, -0.25) is 15.2 Å². The van der Waals surface area contributed by atoms with Gasteiger partial charge in [-0.2, -0.15) is 0 Å². The Morgan fingerprint density at radius 3 is 3.05 bits per heavy atom. The zero-order chi connectivity index (χ0) is 14.0. The molecule has 5 nitrogen and oxygen atoms in total. The van der Waals surface area contributed by atoms with Crippen molar-refractivity contribution >= 4 is 51.0 Å². The molecule has 1 atom stereocenters. The van der Waals surface area contributed by atoms with E-state index in [0.717, 1.165) is 8.96 Å². The zero-order valence-corrected chi connectivity index (χ0v) is 12.9. The van der Waals surface area contributed by atoms with Gasteiger partial charge in [0.1, 0.15) is 5.52 Å². The lowest BCUT2D eigenvalue weighted by Gasteiger charge is -2.16. The quantitative estimate of drug-likeness (QED) is 0.364. The van der Waals surface area contributed by atoms with E-state index in [-0.39, 0.29) is 0 Å². The monoisotopic (exact) mass is 391 g/mol. The molecule has 0 aliphatic rings. The van der Waals surface area contributed by atoms with Crippen LogP contribution in [0.1, 0.15) is 6.92 Å². The summed E-state index contributed by atoms with van der Waals surface area (Å²) in [6, 6.07) is 5.41. The molecular weight excluding hydrogens is 381 g/mol. The minimum Gasteiger partial charge on any atom is -0.477 e. The normalized spacial score (nSPS) is 12.2. The van der Waals surface area contributed by atoms with E-state index in [1.165, 1.54) is 0 Å². The van der Waals surface area contributed by atoms with Crippen LogP contribution in [0.2, 0.25) is 5.02 Å². The fourth-order valence-electron chi connectivity index (χ4n) is 1.61. The number of aromatic nitrogens is 1. The van der Waals surface area contributed by atoms with E-state index in [1.54, 1.807) is 25.3 Å². The molecule has 7 heteroatoms. The second-order valence-electron chi connectivity index (χ2n) is 3.84. The summed E-state index contributed by atoms with van der Waals surface area (Å²) < 4.78 is 6.43. The van der Waals surface area contributed by atoms with Crippen molar-refractivity contribution in [1.29, 1.82) is 0 Å². The van der Waals surface area contributed by atoms with E-state index in [2.05, 4.69) is 33.0 Å². The van der Waals surface area contributed by atoms with Crippen molar-refractivity contribution in [3.05, 3.63) is 33.0 Å². The first-order valence-electron chi connectivity index (χ1n) is 5.44. The van der Waals surface area contributed by atoms with Gasteiger partial charge in [0.05, 0.1) is 8.59 Å². The number of benzene rings is 1. The van der Waals surface area contributed by atoms with Gasteiger partial charge in [-0.15, -0.1) is 0 Å². The summed E-state index contributed by atoms with van der Waals surface area (Å²) in [6.45, 7) is 1.61. The lowest BCUT2D eigenvalue weighted by molar-refractivity contribution is -0.127. The number of nitrogens with zero attached hydrogens (tertiary/aromatic N) is 1. The van der Waals surface area contributed by atoms with Crippen molar-refractivity contribution in [2.45, 2.75) is 13.0 Å². The molecule has 0 saturated heterocycles. The van der Waals surface area contributed by atoms with Gasteiger partial charge in [0, 0.05) is 11.6 Å². The van der Waals surface area contributed by atoms with E-state index in [4.69, 9.17) is 22.2 Å². The van der Waals surface area contributed by atoms with Gasteiger partial charge in [-0.25, -0.2) is 5.84 Å². The maximum atomic E-state index is 11.4. The van der Waals surface area contributed by atoms with E-state index < -0.39 is 12.0 Å². The molecule has 0 spiro atoms. The van der Waals surface area contributed by atoms with Crippen molar-refractivity contribution in [3.63, 3.8) is 0 Å². The fourth-order valence-corrected chi connectivity index (χ4v) is 2.75. The van der Waals surface area contributed by atoms with Gasteiger partial charge >= 0.3 is 0 Å². The van der Waals surface area contributed by atoms with Gasteiger partial charge in [-0.1, -0.05) is 11.6 Å². The summed E-state index contributed by atoms with van der Waals surface area (Å²) >= 11 is 8.25. The Morgan fingerprint density at radius 2 is 2.37 bits per heavy atom. The van der Waals surface area contributed by atoms with Crippen molar-refractivity contribution in [2.24, 2.45) is 5.84 Å². The van der Waals surface area contributed by atoms with Crippen LogP contribution >= 0.6 is 34.2 Å². The Morgan fingerprint density at radius 1 is 1.63 bits per heavy atom. The van der Waals surface area contributed by atoms with Gasteiger partial charge < -0.3 is 4.74 Å². The predicted molar refractivity (Wildman–Crippen MR) is 81.9 cm³/mol. The van der Waals surface area contributed by atoms with Gasteiger partial charge in [-0.05, 0) is 47.7 Å². The van der Waals surface area contributed by atoms with E-state index >= 15 is 0 Å². The highest BCUT2D eigenvalue weighted by Gasteiger charge is 2.18. The Hall–Kier alpha value is -1.12. The summed E-state index contributed by atoms with van der Waals surface area (Å²) in [6.07, 6.45) is 0.930. The second-order valence-corrected chi connectivity index (χ2v) is 5.41. The lowest BCUT2D eigenvalue weighted by atomic mass is 10.2. The maximum absolute atomic E-state index is 11.4. The highest BCUT2D eigenvalue weighted by molar-refractivity contribution is 14.1. The number of hydrazine groups is 1. The molecular formula is C12H11ClIN3O2. The number of nitrogens with one attached hydrogen (secondary N) is 1. The van der Waals surface area contributed by atoms with Crippen LogP contribution in [0.3, 0.4) is 0 Å². The van der Waals surface area contributed by atoms with Crippen LogP contribution in [0.15, 0.2) is 24.4 Å². The molecule has 1 aromatic carbocycles. The minimum atomic E-state index is -0.718. The van der Waals surface area contributed by atoms with E-state index in [9.17, 15) is 4.79 Å². The minimum absolute atomic E-state index is 0.408. The molecule has 3 N–H and O–H groups in total. The van der Waals surface area contributed by atoms with E-state index in [1.807, 2.05) is 6.07 Å². The molecule has 0 radical (unpaired) electrons. The smallest absolute Gasteiger partial charge is 0.274 e. The van der Waals surface area contributed by atoms with Gasteiger partial charge in [0.15, 0.2) is 11.9 Å². The fraction of sp³-hybridized carbons (Fsp3) is 0.167. The van der Waals surface area contributed by atoms with Crippen LogP contribution in [0.5, 0.6) is 5.75 Å². The van der Waals surface area contributed by atoms with Crippen LogP contribution < -0.4 is 16.0 Å². The lowest BCUT2D eigenvalue weighted by Crippen LogP contribution is -2.40. The number of hydrogen-bond acceptors (Lipinski definition) is 4. The Labute approximate surface area is 128 Å². The summed E-state index contributed by atoms with van der Waals surface area (Å²) in [5.74, 6) is 5.20. The van der Waals surface area contributed by atoms with Gasteiger partial charge in [0.2, 0.25) is 0 Å². The molecule has 1 aromatic heterocycles. The predicted octanol–water partition coefficient (Wildman–Crippen LogP) is 2.25. The number of carbonyl (C=O) groups is 1. The molecule has 0 bridgehead atoms.